The molecule has 0 bridgehead atoms. The van der Waals surface area contributed by atoms with Gasteiger partial charge in [0.2, 0.25) is 26.0 Å². The first-order valence-corrected chi connectivity index (χ1v) is 17.6. The summed E-state index contributed by atoms with van der Waals surface area (Å²) < 4.78 is 54.3. The molecule has 3 aromatic carbocycles. The Hall–Kier alpha value is -3.42. The molecular formula is C32H38N4O6S2. The molecule has 1 unspecified atom stereocenters. The fourth-order valence-electron chi connectivity index (χ4n) is 6.34. The van der Waals surface area contributed by atoms with Gasteiger partial charge in [-0.1, -0.05) is 36.4 Å². The monoisotopic (exact) mass is 638 g/mol. The molecule has 0 saturated carbocycles. The number of primary sulfonamides is 1. The number of likely N-dealkylation sites (tertiary alicyclic amines) is 1. The standard InChI is InChI=1S/C32H38N4O6S2/c1-21-18-22(2)24(4)31(23(21)3)44(41,42)36(27-14-16-34(17-15-27)20-25-8-6-5-7-9-25)29-19-30(37)35(32(29)38)26-10-12-28(13-11-26)43(33,39)40/h5-13,18,27,29H,14-17,19-20H2,1-4H3,(H2,33,39,40). The van der Waals surface area contributed by atoms with Crippen LogP contribution in [-0.2, 0) is 36.2 Å². The van der Waals surface area contributed by atoms with E-state index in [1.54, 1.807) is 13.8 Å². The van der Waals surface area contributed by atoms with Crippen molar-refractivity contribution in [2.75, 3.05) is 18.0 Å². The van der Waals surface area contributed by atoms with Crippen molar-refractivity contribution in [2.24, 2.45) is 5.14 Å². The van der Waals surface area contributed by atoms with Crippen LogP contribution in [0.25, 0.3) is 0 Å². The van der Waals surface area contributed by atoms with Crippen LogP contribution in [0.15, 0.2) is 70.5 Å². The van der Waals surface area contributed by atoms with Crippen LogP contribution in [0.3, 0.4) is 0 Å². The lowest BCUT2D eigenvalue weighted by molar-refractivity contribution is -0.122. The molecule has 0 radical (unpaired) electrons. The van der Waals surface area contributed by atoms with Gasteiger partial charge in [0.15, 0.2) is 0 Å². The molecule has 2 heterocycles. The molecule has 0 spiro atoms. The summed E-state index contributed by atoms with van der Waals surface area (Å²) >= 11 is 0. The van der Waals surface area contributed by atoms with E-state index in [0.717, 1.165) is 28.1 Å². The Balaban J connectivity index is 1.51. The number of rotatable bonds is 8. The third-order valence-corrected chi connectivity index (χ3v) is 12.0. The highest BCUT2D eigenvalue weighted by Crippen LogP contribution is 2.37. The molecule has 44 heavy (non-hydrogen) atoms. The number of anilines is 1. The minimum absolute atomic E-state index is 0.156. The van der Waals surface area contributed by atoms with Crippen molar-refractivity contribution in [1.82, 2.24) is 9.21 Å². The molecule has 0 aromatic heterocycles. The Bertz CT molecular complexity index is 1780. The number of imide groups is 1. The number of piperidine rings is 1. The summed E-state index contributed by atoms with van der Waals surface area (Å²) in [5.74, 6) is -1.22. The summed E-state index contributed by atoms with van der Waals surface area (Å²) in [5.41, 5.74) is 4.21. The molecule has 5 rings (SSSR count). The number of carbonyl (C=O) groups is 2. The van der Waals surface area contributed by atoms with Gasteiger partial charge in [-0.15, -0.1) is 0 Å². The second-order valence-corrected chi connectivity index (χ2v) is 15.1. The van der Waals surface area contributed by atoms with E-state index in [2.05, 4.69) is 17.0 Å². The molecule has 1 atom stereocenters. The Labute approximate surface area is 259 Å². The molecular weight excluding hydrogens is 601 g/mol. The van der Waals surface area contributed by atoms with Gasteiger partial charge in [-0.25, -0.2) is 26.9 Å². The minimum atomic E-state index is -4.24. The maximum atomic E-state index is 14.7. The summed E-state index contributed by atoms with van der Waals surface area (Å²) in [6, 6.07) is 15.4. The lowest BCUT2D eigenvalue weighted by Gasteiger charge is -2.40. The number of sulfonamides is 2. The van der Waals surface area contributed by atoms with Gasteiger partial charge in [0.05, 0.1) is 21.9 Å². The highest BCUT2D eigenvalue weighted by molar-refractivity contribution is 7.89. The van der Waals surface area contributed by atoms with Crippen molar-refractivity contribution in [3.63, 3.8) is 0 Å². The van der Waals surface area contributed by atoms with Gasteiger partial charge in [0.25, 0.3) is 5.91 Å². The van der Waals surface area contributed by atoms with E-state index in [1.165, 1.54) is 28.6 Å². The zero-order valence-electron chi connectivity index (χ0n) is 25.4. The third kappa shape index (κ3) is 6.09. The van der Waals surface area contributed by atoms with Crippen molar-refractivity contribution in [2.45, 2.75) is 75.4 Å². The molecule has 2 N–H and O–H groups in total. The molecule has 2 saturated heterocycles. The molecule has 3 aromatic rings. The Morgan fingerprint density at radius 2 is 1.41 bits per heavy atom. The number of benzene rings is 3. The summed E-state index contributed by atoms with van der Waals surface area (Å²) in [6.07, 6.45) is 0.675. The van der Waals surface area contributed by atoms with Crippen LogP contribution in [0.1, 0.15) is 47.1 Å². The molecule has 0 aliphatic carbocycles. The van der Waals surface area contributed by atoms with Crippen LogP contribution in [-0.4, -0.2) is 63.0 Å². The molecule has 12 heteroatoms. The van der Waals surface area contributed by atoms with Crippen LogP contribution >= 0.6 is 0 Å². The zero-order chi connectivity index (χ0) is 32.0. The molecule has 2 aliphatic heterocycles. The van der Waals surface area contributed by atoms with Gasteiger partial charge >= 0.3 is 0 Å². The summed E-state index contributed by atoms with van der Waals surface area (Å²) in [7, 11) is -8.21. The molecule has 2 aliphatic rings. The fraction of sp³-hybridized carbons (Fsp3) is 0.375. The van der Waals surface area contributed by atoms with Gasteiger partial charge in [0.1, 0.15) is 6.04 Å². The number of hydrogen-bond donors (Lipinski definition) is 1. The quantitative estimate of drug-likeness (QED) is 0.373. The smallest absolute Gasteiger partial charge is 0.252 e. The third-order valence-electron chi connectivity index (χ3n) is 8.85. The Kier molecular flexibility index (Phi) is 8.85. The first-order chi connectivity index (χ1) is 20.7. The highest BCUT2D eigenvalue weighted by Gasteiger charge is 2.50. The van der Waals surface area contributed by atoms with Crippen molar-refractivity contribution in [3.05, 3.63) is 88.5 Å². The number of amides is 2. The van der Waals surface area contributed by atoms with E-state index < -0.39 is 43.9 Å². The van der Waals surface area contributed by atoms with Gasteiger partial charge in [-0.2, -0.15) is 4.31 Å². The highest BCUT2D eigenvalue weighted by atomic mass is 32.2. The SMILES string of the molecule is Cc1cc(C)c(C)c(S(=O)(=O)N(C2CCN(Cc3ccccc3)CC2)C2CC(=O)N(c3ccc(S(N)(=O)=O)cc3)C2=O)c1C. The van der Waals surface area contributed by atoms with Crippen molar-refractivity contribution >= 4 is 37.5 Å². The van der Waals surface area contributed by atoms with Gasteiger partial charge in [-0.3, -0.25) is 14.5 Å². The van der Waals surface area contributed by atoms with Crippen LogP contribution < -0.4 is 10.0 Å². The first-order valence-electron chi connectivity index (χ1n) is 14.6. The number of nitrogens with two attached hydrogens (primary N) is 1. The number of aryl methyl sites for hydroxylation is 2. The Morgan fingerprint density at radius 3 is 1.95 bits per heavy atom. The average molecular weight is 639 g/mol. The number of hydrogen-bond acceptors (Lipinski definition) is 7. The predicted molar refractivity (Wildman–Crippen MR) is 168 cm³/mol. The van der Waals surface area contributed by atoms with Gasteiger partial charge in [0, 0.05) is 25.7 Å². The fourth-order valence-corrected chi connectivity index (χ4v) is 9.26. The maximum Gasteiger partial charge on any atom is 0.252 e. The topological polar surface area (TPSA) is 138 Å². The summed E-state index contributed by atoms with van der Waals surface area (Å²) in [6.45, 7) is 9.27. The second-order valence-electron chi connectivity index (χ2n) is 11.7. The van der Waals surface area contributed by atoms with Crippen LogP contribution in [0.5, 0.6) is 0 Å². The van der Waals surface area contributed by atoms with Gasteiger partial charge in [-0.05, 0) is 92.6 Å². The van der Waals surface area contributed by atoms with Crippen molar-refractivity contribution in [3.8, 4) is 0 Å². The van der Waals surface area contributed by atoms with E-state index in [-0.39, 0.29) is 21.9 Å². The summed E-state index contributed by atoms with van der Waals surface area (Å²) in [5, 5.41) is 5.21. The number of nitrogens with zero attached hydrogens (tertiary/aromatic N) is 3. The summed E-state index contributed by atoms with van der Waals surface area (Å²) in [4.78, 5) is 30.6. The number of carbonyl (C=O) groups excluding carboxylic acids is 2. The van der Waals surface area contributed by atoms with E-state index in [9.17, 15) is 26.4 Å². The van der Waals surface area contributed by atoms with Crippen LogP contribution in [0.4, 0.5) is 5.69 Å². The molecule has 2 amide bonds. The van der Waals surface area contributed by atoms with E-state index in [1.807, 2.05) is 38.1 Å². The normalized spacial score (nSPS) is 18.9. The average Bonchev–Trinajstić information content (AvgIpc) is 3.25. The van der Waals surface area contributed by atoms with Crippen molar-refractivity contribution < 1.29 is 26.4 Å². The molecule has 2 fully saturated rings. The van der Waals surface area contributed by atoms with E-state index in [0.29, 0.717) is 37.1 Å². The van der Waals surface area contributed by atoms with Gasteiger partial charge < -0.3 is 0 Å². The lowest BCUT2D eigenvalue weighted by Crippen LogP contribution is -2.54. The van der Waals surface area contributed by atoms with Crippen molar-refractivity contribution in [1.29, 1.82) is 0 Å². The van der Waals surface area contributed by atoms with E-state index >= 15 is 0 Å². The largest absolute Gasteiger partial charge is 0.299 e. The molecule has 10 nitrogen and oxygen atoms in total. The van der Waals surface area contributed by atoms with Crippen LogP contribution in [0.2, 0.25) is 0 Å². The second kappa shape index (κ2) is 12.2. The van der Waals surface area contributed by atoms with Crippen LogP contribution in [0, 0.1) is 27.7 Å². The predicted octanol–water partition coefficient (Wildman–Crippen LogP) is 3.56. The Morgan fingerprint density at radius 1 is 0.841 bits per heavy atom. The lowest BCUT2D eigenvalue weighted by atomic mass is 10.0. The van der Waals surface area contributed by atoms with E-state index in [4.69, 9.17) is 5.14 Å². The minimum Gasteiger partial charge on any atom is -0.299 e. The first kappa shape index (κ1) is 32.0. The zero-order valence-corrected chi connectivity index (χ0v) is 27.0. The molecule has 234 valence electrons. The maximum absolute atomic E-state index is 14.7.